The minimum absolute atomic E-state index is 0.614. The maximum absolute atomic E-state index is 6.04. The Balaban J connectivity index is 1.13. The Kier molecular flexibility index (Phi) is 7.55. The van der Waals surface area contributed by atoms with Crippen molar-refractivity contribution in [3.63, 3.8) is 0 Å². The lowest BCUT2D eigenvalue weighted by atomic mass is 10.0. The molecule has 166 valence electrons. The molecule has 1 aliphatic heterocycles. The minimum atomic E-state index is 0.614. The smallest absolute Gasteiger partial charge is 0.244 e. The van der Waals surface area contributed by atoms with E-state index in [1.54, 1.807) is 17.1 Å². The van der Waals surface area contributed by atoms with Gasteiger partial charge in [-0.1, -0.05) is 11.6 Å². The Hall–Kier alpha value is -2.87. The standard InChI is InChI=1S/C23H33N7O/c1-29-23(27-22(28-29)26-17-19-8-11-24-12-9-19)25-10-5-15-31-21-7-4-6-20(16-21)18-30-13-2-3-14-30/h6-9,11-12H,2-5,10,13-18H2,1H3,(H2,25,26,27,28). The number of anilines is 2. The summed E-state index contributed by atoms with van der Waals surface area (Å²) in [6.07, 6.45) is 13.7. The van der Waals surface area contributed by atoms with Crippen molar-refractivity contribution in [2.24, 2.45) is 7.05 Å². The first-order valence-corrected chi connectivity index (χ1v) is 11.3. The number of rotatable bonds is 11. The molecule has 1 fully saturated rings. The topological polar surface area (TPSA) is 80.1 Å². The van der Waals surface area contributed by atoms with Crippen LogP contribution in [0.15, 0.2) is 48.0 Å². The SMILES string of the molecule is Cn1nc(NCc2ccncc2)nc1NCCCOC1=CCC=C(CN2CCCC2)C1. The van der Waals surface area contributed by atoms with Gasteiger partial charge in [0.2, 0.25) is 11.9 Å². The van der Waals surface area contributed by atoms with Gasteiger partial charge in [-0.2, -0.15) is 4.98 Å². The fourth-order valence-electron chi connectivity index (χ4n) is 3.95. The third-order valence-corrected chi connectivity index (χ3v) is 5.63. The molecule has 4 rings (SSSR count). The number of aromatic nitrogens is 4. The van der Waals surface area contributed by atoms with Crippen molar-refractivity contribution < 1.29 is 4.74 Å². The lowest BCUT2D eigenvalue weighted by molar-refractivity contribution is 0.201. The lowest BCUT2D eigenvalue weighted by Gasteiger charge is -2.21. The molecule has 0 atom stereocenters. The Labute approximate surface area is 184 Å². The van der Waals surface area contributed by atoms with Crippen LogP contribution < -0.4 is 10.6 Å². The maximum Gasteiger partial charge on any atom is 0.244 e. The van der Waals surface area contributed by atoms with Crippen molar-refractivity contribution in [2.45, 2.75) is 38.6 Å². The molecule has 1 aliphatic carbocycles. The van der Waals surface area contributed by atoms with Crippen molar-refractivity contribution in [3.8, 4) is 0 Å². The van der Waals surface area contributed by atoms with Crippen molar-refractivity contribution in [1.29, 1.82) is 0 Å². The molecule has 2 aromatic rings. The molecule has 3 heterocycles. The predicted octanol–water partition coefficient (Wildman–Crippen LogP) is 3.34. The van der Waals surface area contributed by atoms with E-state index in [0.29, 0.717) is 19.1 Å². The number of pyridine rings is 1. The van der Waals surface area contributed by atoms with Crippen LogP contribution in [0, 0.1) is 0 Å². The van der Waals surface area contributed by atoms with Gasteiger partial charge < -0.3 is 15.4 Å². The summed E-state index contributed by atoms with van der Waals surface area (Å²) in [6.45, 7) is 5.76. The second-order valence-corrected chi connectivity index (χ2v) is 8.15. The molecule has 0 aromatic carbocycles. The van der Waals surface area contributed by atoms with E-state index in [-0.39, 0.29) is 0 Å². The average Bonchev–Trinajstić information content (AvgIpc) is 3.42. The summed E-state index contributed by atoms with van der Waals surface area (Å²) in [5.74, 6) is 2.49. The highest BCUT2D eigenvalue weighted by Gasteiger charge is 2.15. The first-order valence-electron chi connectivity index (χ1n) is 11.3. The number of nitrogens with zero attached hydrogens (tertiary/aromatic N) is 5. The predicted molar refractivity (Wildman–Crippen MR) is 123 cm³/mol. The third kappa shape index (κ3) is 6.55. The van der Waals surface area contributed by atoms with Crippen LogP contribution in [0.5, 0.6) is 0 Å². The monoisotopic (exact) mass is 423 g/mol. The number of allylic oxidation sites excluding steroid dienone is 3. The van der Waals surface area contributed by atoms with Gasteiger partial charge in [-0.05, 0) is 62.5 Å². The summed E-state index contributed by atoms with van der Waals surface area (Å²) in [4.78, 5) is 11.1. The molecule has 8 heteroatoms. The van der Waals surface area contributed by atoms with E-state index in [0.717, 1.165) is 49.6 Å². The summed E-state index contributed by atoms with van der Waals surface area (Å²) >= 11 is 0. The zero-order chi connectivity index (χ0) is 21.3. The molecule has 0 unspecified atom stereocenters. The maximum atomic E-state index is 6.04. The summed E-state index contributed by atoms with van der Waals surface area (Å²) in [5, 5.41) is 11.0. The molecule has 0 amide bonds. The molecule has 8 nitrogen and oxygen atoms in total. The van der Waals surface area contributed by atoms with E-state index in [9.17, 15) is 0 Å². The fourth-order valence-corrected chi connectivity index (χ4v) is 3.95. The molecule has 2 aliphatic rings. The second-order valence-electron chi connectivity index (χ2n) is 8.15. The van der Waals surface area contributed by atoms with Gasteiger partial charge in [-0.3, -0.25) is 9.88 Å². The molecule has 31 heavy (non-hydrogen) atoms. The molecule has 2 N–H and O–H groups in total. The number of aryl methyl sites for hydroxylation is 1. The van der Waals surface area contributed by atoms with E-state index >= 15 is 0 Å². The Morgan fingerprint density at radius 1 is 1.10 bits per heavy atom. The van der Waals surface area contributed by atoms with Crippen LogP contribution in [0.25, 0.3) is 0 Å². The highest BCUT2D eigenvalue weighted by molar-refractivity contribution is 5.35. The van der Waals surface area contributed by atoms with Gasteiger partial charge in [-0.15, -0.1) is 5.10 Å². The molecule has 1 saturated heterocycles. The van der Waals surface area contributed by atoms with E-state index in [1.807, 2.05) is 19.2 Å². The highest BCUT2D eigenvalue weighted by Crippen LogP contribution is 2.22. The van der Waals surface area contributed by atoms with Gasteiger partial charge in [0.15, 0.2) is 0 Å². The van der Waals surface area contributed by atoms with Crippen molar-refractivity contribution in [1.82, 2.24) is 24.6 Å². The number of likely N-dealkylation sites (tertiary alicyclic amines) is 1. The first-order chi connectivity index (χ1) is 15.3. The normalized spacial score (nSPS) is 16.7. The van der Waals surface area contributed by atoms with Crippen LogP contribution in [0.3, 0.4) is 0 Å². The van der Waals surface area contributed by atoms with Crippen molar-refractivity contribution in [3.05, 3.63) is 53.6 Å². The van der Waals surface area contributed by atoms with E-state index in [2.05, 4.69) is 42.8 Å². The first kappa shape index (κ1) is 21.4. The third-order valence-electron chi connectivity index (χ3n) is 5.63. The Bertz CT molecular complexity index is 885. The number of ether oxygens (including phenoxy) is 1. The summed E-state index contributed by atoms with van der Waals surface area (Å²) < 4.78 is 7.80. The molecule has 0 bridgehead atoms. The fraction of sp³-hybridized carbons (Fsp3) is 0.522. The van der Waals surface area contributed by atoms with Crippen LogP contribution in [0.4, 0.5) is 11.9 Å². The second kappa shape index (κ2) is 10.9. The number of nitrogens with one attached hydrogen (secondary N) is 2. The van der Waals surface area contributed by atoms with Crippen molar-refractivity contribution >= 4 is 11.9 Å². The van der Waals surface area contributed by atoms with Crippen LogP contribution in [0.2, 0.25) is 0 Å². The van der Waals surface area contributed by atoms with Crippen LogP contribution in [-0.2, 0) is 18.3 Å². The summed E-state index contributed by atoms with van der Waals surface area (Å²) in [5.41, 5.74) is 2.65. The van der Waals surface area contributed by atoms with Gasteiger partial charge in [0.1, 0.15) is 0 Å². The van der Waals surface area contributed by atoms with Gasteiger partial charge in [0, 0.05) is 45.5 Å². The molecular weight excluding hydrogens is 390 g/mol. The zero-order valence-corrected chi connectivity index (χ0v) is 18.4. The van der Waals surface area contributed by atoms with Gasteiger partial charge in [-0.25, -0.2) is 4.68 Å². The Morgan fingerprint density at radius 3 is 2.77 bits per heavy atom. The van der Waals surface area contributed by atoms with Crippen LogP contribution in [-0.4, -0.2) is 57.4 Å². The van der Waals surface area contributed by atoms with E-state index in [1.165, 1.54) is 31.5 Å². The summed E-state index contributed by atoms with van der Waals surface area (Å²) in [6, 6.07) is 3.95. The summed E-state index contributed by atoms with van der Waals surface area (Å²) in [7, 11) is 1.89. The quantitative estimate of drug-likeness (QED) is 0.424. The zero-order valence-electron chi connectivity index (χ0n) is 18.4. The molecular formula is C23H33N7O. The minimum Gasteiger partial charge on any atom is -0.498 e. The average molecular weight is 424 g/mol. The molecule has 0 saturated carbocycles. The van der Waals surface area contributed by atoms with Crippen LogP contribution in [0.1, 0.15) is 37.7 Å². The molecule has 0 spiro atoms. The van der Waals surface area contributed by atoms with Crippen LogP contribution >= 0.6 is 0 Å². The highest BCUT2D eigenvalue weighted by atomic mass is 16.5. The molecule has 2 aromatic heterocycles. The van der Waals surface area contributed by atoms with Gasteiger partial charge >= 0.3 is 0 Å². The largest absolute Gasteiger partial charge is 0.498 e. The number of hydrogen-bond acceptors (Lipinski definition) is 7. The van der Waals surface area contributed by atoms with E-state index in [4.69, 9.17) is 4.74 Å². The Morgan fingerprint density at radius 2 is 1.94 bits per heavy atom. The van der Waals surface area contributed by atoms with Gasteiger partial charge in [0.25, 0.3) is 0 Å². The van der Waals surface area contributed by atoms with Gasteiger partial charge in [0.05, 0.1) is 12.4 Å². The number of hydrogen-bond donors (Lipinski definition) is 2. The lowest BCUT2D eigenvalue weighted by Crippen LogP contribution is -2.22. The van der Waals surface area contributed by atoms with E-state index < -0.39 is 0 Å². The molecule has 0 radical (unpaired) electrons. The van der Waals surface area contributed by atoms with Crippen molar-refractivity contribution in [2.75, 3.05) is 43.4 Å².